The molecule has 15 heavy (non-hydrogen) atoms. The predicted octanol–water partition coefficient (Wildman–Crippen LogP) is 1.49. The third-order valence-corrected chi connectivity index (χ3v) is 3.47. The molecule has 3 nitrogen and oxygen atoms in total. The number of nitrogens with one attached hydrogen (secondary N) is 1. The van der Waals surface area contributed by atoms with Crippen LogP contribution in [-0.2, 0) is 4.74 Å². The zero-order chi connectivity index (χ0) is 11.1. The molecule has 1 saturated carbocycles. The minimum Gasteiger partial charge on any atom is -0.380 e. The summed E-state index contributed by atoms with van der Waals surface area (Å²) < 4.78 is 5.57. The van der Waals surface area contributed by atoms with E-state index in [0.29, 0.717) is 12.1 Å². The summed E-state index contributed by atoms with van der Waals surface area (Å²) in [5.74, 6) is 0. The van der Waals surface area contributed by atoms with Crippen molar-refractivity contribution < 1.29 is 4.74 Å². The number of rotatable bonds is 6. The second-order valence-corrected chi connectivity index (χ2v) is 4.56. The molecule has 0 heterocycles. The van der Waals surface area contributed by atoms with Crippen LogP contribution in [0.2, 0.25) is 0 Å². The van der Waals surface area contributed by atoms with E-state index in [1.54, 1.807) is 0 Å². The van der Waals surface area contributed by atoms with Crippen LogP contribution in [0.1, 0.15) is 32.1 Å². The number of nitrogens with zero attached hydrogens (tertiary/aromatic N) is 1. The molecule has 0 amide bonds. The Kier molecular flexibility index (Phi) is 6.22. The first-order valence-electron chi connectivity index (χ1n) is 6.17. The van der Waals surface area contributed by atoms with E-state index in [-0.39, 0.29) is 0 Å². The predicted molar refractivity (Wildman–Crippen MR) is 64.2 cm³/mol. The molecule has 0 saturated heterocycles. The molecule has 0 bridgehead atoms. The molecule has 90 valence electrons. The van der Waals surface area contributed by atoms with Crippen LogP contribution >= 0.6 is 0 Å². The van der Waals surface area contributed by atoms with E-state index in [0.717, 1.165) is 6.54 Å². The van der Waals surface area contributed by atoms with Crippen LogP contribution in [0, 0.1) is 0 Å². The van der Waals surface area contributed by atoms with Crippen LogP contribution in [0.4, 0.5) is 0 Å². The molecule has 2 atom stereocenters. The SMILES string of the molecule is CNCCCN(C)C1CCCCC1OC. The van der Waals surface area contributed by atoms with E-state index in [2.05, 4.69) is 17.3 Å². The van der Waals surface area contributed by atoms with Gasteiger partial charge in [-0.2, -0.15) is 0 Å². The van der Waals surface area contributed by atoms with Crippen molar-refractivity contribution in [2.45, 2.75) is 44.2 Å². The number of hydrogen-bond donors (Lipinski definition) is 1. The van der Waals surface area contributed by atoms with E-state index in [1.807, 2.05) is 14.2 Å². The summed E-state index contributed by atoms with van der Waals surface area (Å²) in [7, 11) is 6.10. The van der Waals surface area contributed by atoms with Crippen molar-refractivity contribution in [2.75, 3.05) is 34.3 Å². The zero-order valence-electron chi connectivity index (χ0n) is 10.5. The maximum absolute atomic E-state index is 5.57. The fourth-order valence-electron chi connectivity index (χ4n) is 2.53. The van der Waals surface area contributed by atoms with E-state index >= 15 is 0 Å². The summed E-state index contributed by atoms with van der Waals surface area (Å²) in [6.45, 7) is 2.28. The van der Waals surface area contributed by atoms with Crippen LogP contribution in [0.5, 0.6) is 0 Å². The summed E-state index contributed by atoms with van der Waals surface area (Å²) in [5, 5.41) is 3.19. The molecule has 2 unspecified atom stereocenters. The van der Waals surface area contributed by atoms with Gasteiger partial charge in [-0.1, -0.05) is 12.8 Å². The molecule has 0 aromatic heterocycles. The van der Waals surface area contributed by atoms with Gasteiger partial charge in [-0.15, -0.1) is 0 Å². The van der Waals surface area contributed by atoms with Crippen LogP contribution in [0.3, 0.4) is 0 Å². The highest BCUT2D eigenvalue weighted by Gasteiger charge is 2.27. The van der Waals surface area contributed by atoms with Gasteiger partial charge in [-0.05, 0) is 46.4 Å². The maximum Gasteiger partial charge on any atom is 0.0726 e. The average Bonchev–Trinajstić information content (AvgIpc) is 2.29. The molecule has 1 N–H and O–H groups in total. The van der Waals surface area contributed by atoms with E-state index in [4.69, 9.17) is 4.74 Å². The van der Waals surface area contributed by atoms with Gasteiger partial charge in [0.05, 0.1) is 6.10 Å². The van der Waals surface area contributed by atoms with Gasteiger partial charge in [0.25, 0.3) is 0 Å². The summed E-state index contributed by atoms with van der Waals surface area (Å²) in [4.78, 5) is 2.48. The smallest absolute Gasteiger partial charge is 0.0726 e. The lowest BCUT2D eigenvalue weighted by Crippen LogP contribution is -2.45. The molecule has 0 aromatic rings. The van der Waals surface area contributed by atoms with Gasteiger partial charge in [0.1, 0.15) is 0 Å². The Morgan fingerprint density at radius 3 is 2.73 bits per heavy atom. The highest BCUT2D eigenvalue weighted by molar-refractivity contribution is 4.82. The van der Waals surface area contributed by atoms with E-state index in [1.165, 1.54) is 38.6 Å². The van der Waals surface area contributed by atoms with Crippen molar-refractivity contribution in [2.24, 2.45) is 0 Å². The van der Waals surface area contributed by atoms with Gasteiger partial charge in [0.2, 0.25) is 0 Å². The Morgan fingerprint density at radius 1 is 1.33 bits per heavy atom. The first-order chi connectivity index (χ1) is 7.29. The monoisotopic (exact) mass is 214 g/mol. The third-order valence-electron chi connectivity index (χ3n) is 3.47. The van der Waals surface area contributed by atoms with E-state index in [9.17, 15) is 0 Å². The minimum absolute atomic E-state index is 0.457. The standard InChI is InChI=1S/C12H26N2O/c1-13-9-6-10-14(2)11-7-4-5-8-12(11)15-3/h11-13H,4-10H2,1-3H3. The zero-order valence-corrected chi connectivity index (χ0v) is 10.5. The quantitative estimate of drug-likeness (QED) is 0.678. The fraction of sp³-hybridized carbons (Fsp3) is 1.00. The Labute approximate surface area is 94.2 Å². The lowest BCUT2D eigenvalue weighted by molar-refractivity contribution is -0.00206. The van der Waals surface area contributed by atoms with Crippen LogP contribution < -0.4 is 5.32 Å². The van der Waals surface area contributed by atoms with Crippen molar-refractivity contribution in [1.82, 2.24) is 10.2 Å². The summed E-state index contributed by atoms with van der Waals surface area (Å²) in [5.41, 5.74) is 0. The Balaban J connectivity index is 2.31. The molecule has 0 radical (unpaired) electrons. The van der Waals surface area contributed by atoms with Gasteiger partial charge < -0.3 is 15.0 Å². The highest BCUT2D eigenvalue weighted by atomic mass is 16.5. The summed E-state index contributed by atoms with van der Waals surface area (Å²) in [6.07, 6.45) is 6.91. The molecular weight excluding hydrogens is 188 g/mol. The molecule has 1 fully saturated rings. The first-order valence-corrected chi connectivity index (χ1v) is 6.17. The van der Waals surface area contributed by atoms with Gasteiger partial charge >= 0.3 is 0 Å². The number of ether oxygens (including phenoxy) is 1. The Hall–Kier alpha value is -0.120. The molecule has 0 aromatic carbocycles. The molecule has 0 aliphatic heterocycles. The van der Waals surface area contributed by atoms with Gasteiger partial charge in [-0.3, -0.25) is 0 Å². The van der Waals surface area contributed by atoms with Crippen LogP contribution in [-0.4, -0.2) is 51.3 Å². The number of methoxy groups -OCH3 is 1. The van der Waals surface area contributed by atoms with Crippen molar-refractivity contribution in [3.05, 3.63) is 0 Å². The lowest BCUT2D eigenvalue weighted by Gasteiger charge is -2.37. The van der Waals surface area contributed by atoms with Crippen molar-refractivity contribution in [1.29, 1.82) is 0 Å². The largest absolute Gasteiger partial charge is 0.380 e. The summed E-state index contributed by atoms with van der Waals surface area (Å²) >= 11 is 0. The topological polar surface area (TPSA) is 24.5 Å². The Morgan fingerprint density at radius 2 is 2.07 bits per heavy atom. The molecular formula is C12H26N2O. The van der Waals surface area contributed by atoms with Crippen LogP contribution in [0.15, 0.2) is 0 Å². The highest BCUT2D eigenvalue weighted by Crippen LogP contribution is 2.24. The number of hydrogen-bond acceptors (Lipinski definition) is 3. The van der Waals surface area contributed by atoms with Gasteiger partial charge in [0.15, 0.2) is 0 Å². The minimum atomic E-state index is 0.457. The third kappa shape index (κ3) is 4.09. The Bertz CT molecular complexity index is 164. The summed E-state index contributed by atoms with van der Waals surface area (Å²) in [6, 6.07) is 0.639. The molecule has 1 rings (SSSR count). The second-order valence-electron chi connectivity index (χ2n) is 4.56. The van der Waals surface area contributed by atoms with E-state index < -0.39 is 0 Å². The van der Waals surface area contributed by atoms with Gasteiger partial charge in [0, 0.05) is 13.2 Å². The van der Waals surface area contributed by atoms with Crippen LogP contribution in [0.25, 0.3) is 0 Å². The van der Waals surface area contributed by atoms with Crippen molar-refractivity contribution in [3.8, 4) is 0 Å². The molecule has 1 aliphatic carbocycles. The maximum atomic E-state index is 5.57. The van der Waals surface area contributed by atoms with Gasteiger partial charge in [-0.25, -0.2) is 0 Å². The first kappa shape index (κ1) is 12.9. The van der Waals surface area contributed by atoms with Crippen molar-refractivity contribution >= 4 is 0 Å². The molecule has 3 heteroatoms. The normalized spacial score (nSPS) is 27.2. The second kappa shape index (κ2) is 7.20. The van der Waals surface area contributed by atoms with Crippen molar-refractivity contribution in [3.63, 3.8) is 0 Å². The fourth-order valence-corrected chi connectivity index (χ4v) is 2.53. The lowest BCUT2D eigenvalue weighted by atomic mass is 9.91. The molecule has 0 spiro atoms. The number of likely N-dealkylation sites (N-methyl/N-ethyl adjacent to an activating group) is 1. The molecule has 1 aliphatic rings. The average molecular weight is 214 g/mol.